The third kappa shape index (κ3) is 3.80. The molecular weight excluding hydrogens is 350 g/mol. The molecule has 1 aliphatic rings. The molecule has 8 heteroatoms. The van der Waals surface area contributed by atoms with E-state index in [2.05, 4.69) is 23.9 Å². The third-order valence-electron chi connectivity index (χ3n) is 4.43. The Morgan fingerprint density at radius 3 is 2.96 bits per heavy atom. The van der Waals surface area contributed by atoms with Crippen LogP contribution in [0.5, 0.6) is 17.4 Å². The van der Waals surface area contributed by atoms with E-state index in [9.17, 15) is 9.90 Å². The zero-order chi connectivity index (χ0) is 19.4. The molecule has 3 rings (SSSR count). The van der Waals surface area contributed by atoms with Crippen molar-refractivity contribution in [2.24, 2.45) is 0 Å². The minimum atomic E-state index is -0.330. The smallest absolute Gasteiger partial charge is 0.257 e. The van der Waals surface area contributed by atoms with Gasteiger partial charge in [-0.1, -0.05) is 0 Å². The van der Waals surface area contributed by atoms with Crippen molar-refractivity contribution in [2.75, 3.05) is 26.9 Å². The molecule has 1 N–H and O–H groups in total. The van der Waals surface area contributed by atoms with Crippen LogP contribution in [-0.4, -0.2) is 53.1 Å². The molecule has 0 saturated carbocycles. The van der Waals surface area contributed by atoms with Gasteiger partial charge in [-0.05, 0) is 31.9 Å². The maximum Gasteiger partial charge on any atom is 0.257 e. The van der Waals surface area contributed by atoms with Crippen molar-refractivity contribution in [3.8, 4) is 17.4 Å². The molecule has 144 valence electrons. The lowest BCUT2D eigenvalue weighted by molar-refractivity contribution is 0.111. The average molecular weight is 373 g/mol. The minimum Gasteiger partial charge on any atom is -0.503 e. The molecule has 0 aliphatic carbocycles. The van der Waals surface area contributed by atoms with Crippen LogP contribution in [0.25, 0.3) is 5.57 Å². The van der Waals surface area contributed by atoms with Crippen molar-refractivity contribution >= 4 is 11.9 Å². The fourth-order valence-corrected chi connectivity index (χ4v) is 3.02. The Balaban J connectivity index is 1.89. The van der Waals surface area contributed by atoms with E-state index in [1.165, 1.54) is 13.3 Å². The van der Waals surface area contributed by atoms with E-state index < -0.39 is 0 Å². The lowest BCUT2D eigenvalue weighted by Gasteiger charge is -2.23. The predicted octanol–water partition coefficient (Wildman–Crippen LogP) is 2.64. The van der Waals surface area contributed by atoms with E-state index in [1.807, 2.05) is 10.7 Å². The summed E-state index contributed by atoms with van der Waals surface area (Å²) in [5, 5.41) is 14.4. The van der Waals surface area contributed by atoms with Crippen molar-refractivity contribution in [3.63, 3.8) is 0 Å². The molecule has 1 aliphatic heterocycles. The number of hydrogen-bond acceptors (Lipinski definition) is 7. The summed E-state index contributed by atoms with van der Waals surface area (Å²) < 4.78 is 18.3. The number of ether oxygens (including phenoxy) is 3. The summed E-state index contributed by atoms with van der Waals surface area (Å²) in [5.41, 5.74) is 3.11. The second kappa shape index (κ2) is 8.22. The summed E-state index contributed by atoms with van der Waals surface area (Å²) in [4.78, 5) is 15.3. The highest BCUT2D eigenvalue weighted by Crippen LogP contribution is 2.34. The molecule has 0 unspecified atom stereocenters. The van der Waals surface area contributed by atoms with E-state index in [0.717, 1.165) is 16.8 Å². The van der Waals surface area contributed by atoms with E-state index >= 15 is 0 Å². The van der Waals surface area contributed by atoms with Crippen LogP contribution in [0.3, 0.4) is 0 Å². The van der Waals surface area contributed by atoms with Crippen molar-refractivity contribution in [1.82, 2.24) is 14.8 Å². The van der Waals surface area contributed by atoms with Crippen LogP contribution >= 0.6 is 0 Å². The number of methoxy groups -OCH3 is 1. The highest BCUT2D eigenvalue weighted by atomic mass is 16.5. The van der Waals surface area contributed by atoms with Gasteiger partial charge in [0.15, 0.2) is 17.8 Å². The van der Waals surface area contributed by atoms with Gasteiger partial charge >= 0.3 is 0 Å². The summed E-state index contributed by atoms with van der Waals surface area (Å²) in [6, 6.07) is 2.18. The molecule has 0 radical (unpaired) electrons. The first-order valence-electron chi connectivity index (χ1n) is 8.73. The molecule has 0 aromatic carbocycles. The van der Waals surface area contributed by atoms with Crippen LogP contribution in [0, 0.1) is 0 Å². The van der Waals surface area contributed by atoms with Crippen molar-refractivity contribution in [1.29, 1.82) is 0 Å². The monoisotopic (exact) mass is 373 g/mol. The van der Waals surface area contributed by atoms with Gasteiger partial charge in [0.1, 0.15) is 12.2 Å². The summed E-state index contributed by atoms with van der Waals surface area (Å²) in [6.07, 6.45) is 4.39. The number of aromatic hydroxyl groups is 1. The van der Waals surface area contributed by atoms with Gasteiger partial charge < -0.3 is 19.3 Å². The maximum absolute atomic E-state index is 11.4. The fourth-order valence-electron chi connectivity index (χ4n) is 3.02. The Labute approximate surface area is 157 Å². The van der Waals surface area contributed by atoms with Gasteiger partial charge in [-0.3, -0.25) is 9.48 Å². The van der Waals surface area contributed by atoms with Crippen LogP contribution in [0.15, 0.2) is 24.0 Å². The molecule has 3 heterocycles. The Morgan fingerprint density at radius 1 is 1.44 bits per heavy atom. The molecule has 0 bridgehead atoms. The van der Waals surface area contributed by atoms with Crippen LogP contribution in [0.4, 0.5) is 0 Å². The first kappa shape index (κ1) is 18.9. The largest absolute Gasteiger partial charge is 0.503 e. The number of nitrogens with zero attached hydrogens (tertiary/aromatic N) is 3. The summed E-state index contributed by atoms with van der Waals surface area (Å²) in [5.74, 6) is -0.140. The molecule has 0 atom stereocenters. The number of aromatic nitrogens is 3. The van der Waals surface area contributed by atoms with E-state index in [0.29, 0.717) is 25.9 Å². The van der Waals surface area contributed by atoms with Gasteiger partial charge in [0, 0.05) is 17.8 Å². The average Bonchev–Trinajstić information content (AvgIpc) is 3.16. The number of carbonyl (C=O) groups is 1. The SMILES string of the molecule is COc1ncc(OCC2=C(c3ccnn3C(C)C)COCC2)c(C=O)c1O. The van der Waals surface area contributed by atoms with Gasteiger partial charge in [-0.25, -0.2) is 4.98 Å². The van der Waals surface area contributed by atoms with Gasteiger partial charge in [-0.15, -0.1) is 0 Å². The molecule has 2 aromatic rings. The molecular formula is C19H23N3O5. The topological polar surface area (TPSA) is 95.7 Å². The van der Waals surface area contributed by atoms with Crippen LogP contribution in [0.2, 0.25) is 0 Å². The number of aldehydes is 1. The zero-order valence-corrected chi connectivity index (χ0v) is 15.6. The maximum atomic E-state index is 11.4. The van der Waals surface area contributed by atoms with Crippen LogP contribution in [0.1, 0.15) is 42.4 Å². The van der Waals surface area contributed by atoms with Crippen LogP contribution in [-0.2, 0) is 4.74 Å². The number of carbonyl (C=O) groups excluding carboxylic acids is 1. The highest BCUT2D eigenvalue weighted by Gasteiger charge is 2.21. The molecule has 0 fully saturated rings. The Morgan fingerprint density at radius 2 is 2.26 bits per heavy atom. The third-order valence-corrected chi connectivity index (χ3v) is 4.43. The molecule has 0 saturated heterocycles. The van der Waals surface area contributed by atoms with Crippen LogP contribution < -0.4 is 9.47 Å². The first-order chi connectivity index (χ1) is 13.1. The lowest BCUT2D eigenvalue weighted by atomic mass is 10.0. The highest BCUT2D eigenvalue weighted by molar-refractivity contribution is 5.84. The Hall–Kier alpha value is -2.87. The molecule has 27 heavy (non-hydrogen) atoms. The van der Waals surface area contributed by atoms with E-state index in [1.54, 1.807) is 6.20 Å². The van der Waals surface area contributed by atoms with E-state index in [4.69, 9.17) is 14.2 Å². The zero-order valence-electron chi connectivity index (χ0n) is 15.6. The molecule has 0 spiro atoms. The molecule has 2 aromatic heterocycles. The second-order valence-electron chi connectivity index (χ2n) is 6.44. The van der Waals surface area contributed by atoms with Crippen molar-refractivity contribution in [2.45, 2.75) is 26.3 Å². The van der Waals surface area contributed by atoms with Gasteiger partial charge in [0.25, 0.3) is 5.88 Å². The first-order valence-corrected chi connectivity index (χ1v) is 8.73. The predicted molar refractivity (Wildman–Crippen MR) is 98.3 cm³/mol. The van der Waals surface area contributed by atoms with Gasteiger partial charge in [0.2, 0.25) is 0 Å². The quantitative estimate of drug-likeness (QED) is 0.745. The van der Waals surface area contributed by atoms with Gasteiger partial charge in [0.05, 0.1) is 32.2 Å². The van der Waals surface area contributed by atoms with Crippen molar-refractivity contribution in [3.05, 3.63) is 35.3 Å². The molecule has 8 nitrogen and oxygen atoms in total. The summed E-state index contributed by atoms with van der Waals surface area (Å²) in [6.45, 7) is 5.48. The van der Waals surface area contributed by atoms with E-state index in [-0.39, 0.29) is 35.6 Å². The summed E-state index contributed by atoms with van der Waals surface area (Å²) >= 11 is 0. The normalized spacial score (nSPS) is 14.5. The second-order valence-corrected chi connectivity index (χ2v) is 6.44. The van der Waals surface area contributed by atoms with Gasteiger partial charge in [-0.2, -0.15) is 5.10 Å². The standard InChI is InChI=1S/C19H23N3O5/c1-12(2)22-16(4-6-21-22)15-11-26-7-5-13(15)10-27-17-8-20-19(25-3)18(24)14(17)9-23/h4,6,8-9,12,24H,5,7,10-11H2,1-3H3. The Kier molecular flexibility index (Phi) is 5.75. The summed E-state index contributed by atoms with van der Waals surface area (Å²) in [7, 11) is 1.37. The number of rotatable bonds is 7. The molecule has 0 amide bonds. The lowest BCUT2D eigenvalue weighted by Crippen LogP contribution is -2.18. The van der Waals surface area contributed by atoms with Crippen molar-refractivity contribution < 1.29 is 24.1 Å². The number of pyridine rings is 1. The fraction of sp³-hybridized carbons (Fsp3) is 0.421. The Bertz CT molecular complexity index is 857. The minimum absolute atomic E-state index is 0.0169. The number of hydrogen-bond donors (Lipinski definition) is 1.